The fourth-order valence-corrected chi connectivity index (χ4v) is 1.76. The molecule has 0 spiro atoms. The number of alkyl halides is 2. The summed E-state index contributed by atoms with van der Waals surface area (Å²) < 4.78 is 47.3. The molecule has 0 aliphatic heterocycles. The zero-order chi connectivity index (χ0) is 12.3. The number of halogens is 2. The van der Waals surface area contributed by atoms with Crippen LogP contribution >= 0.6 is 0 Å². The van der Waals surface area contributed by atoms with Crippen LogP contribution in [0.3, 0.4) is 0 Å². The molecule has 7 heteroatoms. The summed E-state index contributed by atoms with van der Waals surface area (Å²) in [7, 11) is -3.50. The highest BCUT2D eigenvalue weighted by atomic mass is 32.2. The number of sulfonamides is 1. The van der Waals surface area contributed by atoms with Gasteiger partial charge in [-0.25, -0.2) is 8.42 Å². The molecule has 0 radical (unpaired) electrons. The van der Waals surface area contributed by atoms with Gasteiger partial charge in [-0.15, -0.1) is 0 Å². The van der Waals surface area contributed by atoms with E-state index in [0.717, 1.165) is 12.6 Å². The Balaban J connectivity index is 3.01. The lowest BCUT2D eigenvalue weighted by molar-refractivity contribution is 0.234. The summed E-state index contributed by atoms with van der Waals surface area (Å²) >= 11 is 0. The Morgan fingerprint density at radius 3 is 2.19 bits per heavy atom. The molecule has 1 aromatic carbocycles. The van der Waals surface area contributed by atoms with Gasteiger partial charge in [0, 0.05) is 13.6 Å². The monoisotopic (exact) mass is 250 g/mol. The van der Waals surface area contributed by atoms with E-state index < -0.39 is 15.8 Å². The molecule has 0 atom stereocenters. The van der Waals surface area contributed by atoms with E-state index in [2.05, 4.69) is 0 Å². The Bertz CT molecular complexity index is 445. The maximum absolute atomic E-state index is 12.2. The number of hydrogen-bond acceptors (Lipinski definition) is 3. The second kappa shape index (κ2) is 4.75. The van der Waals surface area contributed by atoms with Crippen LogP contribution in [0.1, 0.15) is 5.56 Å². The van der Waals surface area contributed by atoms with E-state index in [1.54, 1.807) is 12.1 Å². The van der Waals surface area contributed by atoms with Gasteiger partial charge in [0.15, 0.2) is 0 Å². The molecule has 4 nitrogen and oxygen atoms in total. The Morgan fingerprint density at radius 1 is 1.31 bits per heavy atom. The van der Waals surface area contributed by atoms with Crippen molar-refractivity contribution in [3.05, 3.63) is 29.8 Å². The zero-order valence-electron chi connectivity index (χ0n) is 8.60. The maximum Gasteiger partial charge on any atom is 0.355 e. The smallest absolute Gasteiger partial charge is 0.326 e. The molecule has 16 heavy (non-hydrogen) atoms. The van der Waals surface area contributed by atoms with Gasteiger partial charge in [-0.2, -0.15) is 8.78 Å². The van der Waals surface area contributed by atoms with Crippen LogP contribution in [-0.4, -0.2) is 21.2 Å². The van der Waals surface area contributed by atoms with Crippen molar-refractivity contribution in [3.63, 3.8) is 0 Å². The Labute approximate surface area is 92.7 Å². The van der Waals surface area contributed by atoms with E-state index in [1.165, 1.54) is 12.1 Å². The number of nitrogens with two attached hydrogens (primary N) is 1. The van der Waals surface area contributed by atoms with E-state index in [-0.39, 0.29) is 5.69 Å². The fourth-order valence-electron chi connectivity index (χ4n) is 1.11. The first-order valence-electron chi connectivity index (χ1n) is 4.44. The van der Waals surface area contributed by atoms with Crippen LogP contribution in [0, 0.1) is 0 Å². The molecule has 90 valence electrons. The minimum absolute atomic E-state index is 0.178. The lowest BCUT2D eigenvalue weighted by atomic mass is 10.2. The summed E-state index contributed by atoms with van der Waals surface area (Å²) in [5.41, 5.74) is 6.33. The quantitative estimate of drug-likeness (QED) is 0.871. The van der Waals surface area contributed by atoms with Crippen LogP contribution in [0.15, 0.2) is 24.3 Å². The van der Waals surface area contributed by atoms with Gasteiger partial charge in [0.05, 0.1) is 5.69 Å². The van der Waals surface area contributed by atoms with Crippen molar-refractivity contribution in [2.45, 2.75) is 12.3 Å². The van der Waals surface area contributed by atoms with Crippen molar-refractivity contribution < 1.29 is 17.2 Å². The Kier molecular flexibility index (Phi) is 3.82. The van der Waals surface area contributed by atoms with E-state index in [9.17, 15) is 17.2 Å². The molecule has 0 aliphatic carbocycles. The van der Waals surface area contributed by atoms with Crippen molar-refractivity contribution in [3.8, 4) is 0 Å². The van der Waals surface area contributed by atoms with Gasteiger partial charge >= 0.3 is 5.76 Å². The second-order valence-electron chi connectivity index (χ2n) is 3.14. The van der Waals surface area contributed by atoms with Gasteiger partial charge in [-0.1, -0.05) is 12.1 Å². The highest BCUT2D eigenvalue weighted by Gasteiger charge is 2.29. The standard InChI is InChI=1S/C9H12F2N2O2S/c1-13(16(14,15)9(10)11)8-4-2-7(6-12)3-5-8/h2-5,9H,6,12H2,1H3. The van der Waals surface area contributed by atoms with Crippen LogP contribution < -0.4 is 10.0 Å². The van der Waals surface area contributed by atoms with Crippen LogP contribution in [0.25, 0.3) is 0 Å². The molecule has 0 bridgehead atoms. The fraction of sp³-hybridized carbons (Fsp3) is 0.333. The first-order chi connectivity index (χ1) is 7.39. The molecular formula is C9H12F2N2O2S. The summed E-state index contributed by atoms with van der Waals surface area (Å²) in [6.07, 6.45) is 0. The van der Waals surface area contributed by atoms with Crippen molar-refractivity contribution in [1.29, 1.82) is 0 Å². The molecular weight excluding hydrogens is 238 g/mol. The molecule has 0 saturated heterocycles. The van der Waals surface area contributed by atoms with E-state index in [4.69, 9.17) is 5.73 Å². The number of anilines is 1. The van der Waals surface area contributed by atoms with Crippen molar-refractivity contribution in [2.24, 2.45) is 5.73 Å². The highest BCUT2D eigenvalue weighted by Crippen LogP contribution is 2.20. The molecule has 1 aromatic rings. The van der Waals surface area contributed by atoms with Crippen LogP contribution in [0.4, 0.5) is 14.5 Å². The average molecular weight is 250 g/mol. The normalized spacial score (nSPS) is 11.8. The first-order valence-corrected chi connectivity index (χ1v) is 5.95. The molecule has 1 rings (SSSR count). The predicted molar refractivity (Wildman–Crippen MR) is 57.7 cm³/mol. The SMILES string of the molecule is CN(c1ccc(CN)cc1)S(=O)(=O)C(F)F. The average Bonchev–Trinajstić information content (AvgIpc) is 2.28. The molecule has 0 fully saturated rings. The highest BCUT2D eigenvalue weighted by molar-refractivity contribution is 7.93. The topological polar surface area (TPSA) is 63.4 Å². The van der Waals surface area contributed by atoms with Gasteiger partial charge in [0.25, 0.3) is 10.0 Å². The molecule has 0 saturated carbocycles. The van der Waals surface area contributed by atoms with Gasteiger partial charge < -0.3 is 5.73 Å². The zero-order valence-corrected chi connectivity index (χ0v) is 9.42. The summed E-state index contributed by atoms with van der Waals surface area (Å²) in [6, 6.07) is 6.05. The number of benzene rings is 1. The Morgan fingerprint density at radius 2 is 1.81 bits per heavy atom. The number of hydrogen-bond donors (Lipinski definition) is 1. The largest absolute Gasteiger partial charge is 0.355 e. The lowest BCUT2D eigenvalue weighted by Gasteiger charge is -2.18. The molecule has 0 aromatic heterocycles. The van der Waals surface area contributed by atoms with Crippen molar-refractivity contribution in [2.75, 3.05) is 11.4 Å². The minimum Gasteiger partial charge on any atom is -0.326 e. The van der Waals surface area contributed by atoms with Crippen molar-refractivity contribution in [1.82, 2.24) is 0 Å². The third-order valence-corrected chi connectivity index (χ3v) is 3.57. The van der Waals surface area contributed by atoms with Gasteiger partial charge in [-0.05, 0) is 17.7 Å². The van der Waals surface area contributed by atoms with Gasteiger partial charge in [0.2, 0.25) is 0 Å². The molecule has 0 heterocycles. The minimum atomic E-state index is -4.58. The summed E-state index contributed by atoms with van der Waals surface area (Å²) in [4.78, 5) is 0. The maximum atomic E-state index is 12.2. The first kappa shape index (κ1) is 12.9. The number of nitrogens with zero attached hydrogens (tertiary/aromatic N) is 1. The second-order valence-corrected chi connectivity index (χ2v) is 5.08. The van der Waals surface area contributed by atoms with Crippen LogP contribution in [-0.2, 0) is 16.6 Å². The van der Waals surface area contributed by atoms with E-state index in [0.29, 0.717) is 10.8 Å². The van der Waals surface area contributed by atoms with E-state index in [1.807, 2.05) is 0 Å². The third-order valence-electron chi connectivity index (χ3n) is 2.14. The van der Waals surface area contributed by atoms with Crippen molar-refractivity contribution >= 4 is 15.7 Å². The van der Waals surface area contributed by atoms with Gasteiger partial charge in [-0.3, -0.25) is 4.31 Å². The molecule has 0 amide bonds. The third kappa shape index (κ3) is 2.48. The van der Waals surface area contributed by atoms with Gasteiger partial charge in [0.1, 0.15) is 0 Å². The summed E-state index contributed by atoms with van der Waals surface area (Å²) in [5.74, 6) is -3.42. The predicted octanol–water partition coefficient (Wildman–Crippen LogP) is 1.13. The summed E-state index contributed by atoms with van der Waals surface area (Å²) in [6.45, 7) is 0.311. The lowest BCUT2D eigenvalue weighted by Crippen LogP contribution is -2.31. The molecule has 2 N–H and O–H groups in total. The molecule has 0 aliphatic rings. The van der Waals surface area contributed by atoms with Crippen LogP contribution in [0.5, 0.6) is 0 Å². The van der Waals surface area contributed by atoms with Crippen LogP contribution in [0.2, 0.25) is 0 Å². The number of rotatable bonds is 4. The van der Waals surface area contributed by atoms with E-state index >= 15 is 0 Å². The summed E-state index contributed by atoms with van der Waals surface area (Å²) in [5, 5.41) is 0. The molecule has 0 unspecified atom stereocenters. The Hall–Kier alpha value is -1.21.